The Labute approximate surface area is 184 Å². The molecule has 2 heterocycles. The Morgan fingerprint density at radius 1 is 1.36 bits per heavy atom. The lowest BCUT2D eigenvalue weighted by molar-refractivity contribution is -0.146. The van der Waals surface area contributed by atoms with Crippen molar-refractivity contribution in [2.75, 3.05) is 33.3 Å². The summed E-state index contributed by atoms with van der Waals surface area (Å²) >= 11 is 0. The van der Waals surface area contributed by atoms with Gasteiger partial charge in [-0.3, -0.25) is 9.79 Å². The molecule has 2 N–H and O–H groups in total. The summed E-state index contributed by atoms with van der Waals surface area (Å²) in [6.07, 6.45) is 4.63. The second kappa shape index (κ2) is 10.7. The molecule has 0 aliphatic carbocycles. The average molecular weight is 498 g/mol. The van der Waals surface area contributed by atoms with Gasteiger partial charge in [-0.05, 0) is 50.3 Å². The molecule has 0 radical (unpaired) electrons. The molecule has 1 aromatic carbocycles. The Balaban J connectivity index is 0.00000280. The van der Waals surface area contributed by atoms with Gasteiger partial charge >= 0.3 is 5.97 Å². The van der Waals surface area contributed by atoms with Gasteiger partial charge in [-0.15, -0.1) is 24.0 Å². The van der Waals surface area contributed by atoms with Crippen molar-refractivity contribution < 1.29 is 9.53 Å². The lowest BCUT2D eigenvalue weighted by Crippen LogP contribution is -2.46. The maximum Gasteiger partial charge on any atom is 0.308 e. The number of likely N-dealkylation sites (tertiary alicyclic amines) is 1. The summed E-state index contributed by atoms with van der Waals surface area (Å²) in [7, 11) is 1.46. The first-order chi connectivity index (χ1) is 13.1. The van der Waals surface area contributed by atoms with Crippen molar-refractivity contribution in [1.82, 2.24) is 15.2 Å². The van der Waals surface area contributed by atoms with Gasteiger partial charge in [0.05, 0.1) is 13.0 Å². The van der Waals surface area contributed by atoms with E-state index in [0.717, 1.165) is 51.4 Å². The standard InChI is InChI=1S/C21H30N4O2.HI/c1-4-22-21(25-11-8-16(9-12-25)20(26)27-3)23-10-7-17-14-24-19-13-15(2)5-6-18(17)19;/h5-6,13-14,16,24H,4,7-12H2,1-3H3,(H,22,23);1H. The number of ether oxygens (including phenoxy) is 1. The first-order valence-corrected chi connectivity index (χ1v) is 9.80. The van der Waals surface area contributed by atoms with Crippen molar-refractivity contribution in [3.63, 3.8) is 0 Å². The minimum absolute atomic E-state index is 0. The van der Waals surface area contributed by atoms with Crippen LogP contribution in [0.4, 0.5) is 0 Å². The fraction of sp³-hybridized carbons (Fsp3) is 0.524. The monoisotopic (exact) mass is 498 g/mol. The van der Waals surface area contributed by atoms with Crippen LogP contribution in [0.5, 0.6) is 0 Å². The number of nitrogens with one attached hydrogen (secondary N) is 2. The molecule has 0 amide bonds. The number of esters is 1. The molecular weight excluding hydrogens is 467 g/mol. The van der Waals surface area contributed by atoms with E-state index in [-0.39, 0.29) is 35.9 Å². The number of halogens is 1. The van der Waals surface area contributed by atoms with Gasteiger partial charge in [0, 0.05) is 43.3 Å². The van der Waals surface area contributed by atoms with E-state index in [9.17, 15) is 4.79 Å². The van der Waals surface area contributed by atoms with E-state index in [4.69, 9.17) is 9.73 Å². The predicted molar refractivity (Wildman–Crippen MR) is 124 cm³/mol. The van der Waals surface area contributed by atoms with Gasteiger partial charge in [0.25, 0.3) is 0 Å². The Morgan fingerprint density at radius 3 is 2.79 bits per heavy atom. The highest BCUT2D eigenvalue weighted by Crippen LogP contribution is 2.21. The van der Waals surface area contributed by atoms with Crippen molar-refractivity contribution in [2.45, 2.75) is 33.1 Å². The molecule has 154 valence electrons. The molecule has 0 saturated carbocycles. The fourth-order valence-corrected chi connectivity index (χ4v) is 3.71. The zero-order chi connectivity index (χ0) is 19.2. The maximum absolute atomic E-state index is 11.7. The summed E-state index contributed by atoms with van der Waals surface area (Å²) in [5.41, 5.74) is 3.75. The number of H-pyrrole nitrogens is 1. The van der Waals surface area contributed by atoms with Crippen molar-refractivity contribution in [1.29, 1.82) is 0 Å². The number of aromatic nitrogens is 1. The molecule has 1 saturated heterocycles. The van der Waals surface area contributed by atoms with Crippen molar-refractivity contribution in [2.24, 2.45) is 10.9 Å². The van der Waals surface area contributed by atoms with Crippen LogP contribution >= 0.6 is 24.0 Å². The summed E-state index contributed by atoms with van der Waals surface area (Å²) in [6.45, 7) is 7.42. The smallest absolute Gasteiger partial charge is 0.308 e. The third-order valence-electron chi connectivity index (χ3n) is 5.23. The number of rotatable bonds is 5. The number of guanidine groups is 1. The Bertz CT molecular complexity index is 810. The molecule has 1 aliphatic heterocycles. The molecule has 1 aliphatic rings. The zero-order valence-electron chi connectivity index (χ0n) is 17.0. The number of hydrogen-bond acceptors (Lipinski definition) is 3. The molecule has 0 bridgehead atoms. The quantitative estimate of drug-likeness (QED) is 0.287. The van der Waals surface area contributed by atoms with Crippen LogP contribution in [0.15, 0.2) is 29.4 Å². The van der Waals surface area contributed by atoms with Crippen LogP contribution in [0, 0.1) is 12.8 Å². The van der Waals surface area contributed by atoms with Gasteiger partial charge in [-0.1, -0.05) is 12.1 Å². The second-order valence-electron chi connectivity index (χ2n) is 7.13. The maximum atomic E-state index is 11.7. The van der Waals surface area contributed by atoms with Crippen LogP contribution < -0.4 is 5.32 Å². The molecule has 28 heavy (non-hydrogen) atoms. The Hall–Kier alpha value is -1.77. The number of methoxy groups -OCH3 is 1. The second-order valence-corrected chi connectivity index (χ2v) is 7.13. The van der Waals surface area contributed by atoms with Gasteiger partial charge in [0.1, 0.15) is 0 Å². The molecule has 0 unspecified atom stereocenters. The first kappa shape index (κ1) is 22.5. The lowest BCUT2D eigenvalue weighted by Gasteiger charge is -2.33. The van der Waals surface area contributed by atoms with Crippen LogP contribution in [0.3, 0.4) is 0 Å². The number of fused-ring (bicyclic) bond motifs is 1. The molecule has 0 atom stereocenters. The highest BCUT2D eigenvalue weighted by atomic mass is 127. The summed E-state index contributed by atoms with van der Waals surface area (Å²) in [6, 6.07) is 6.51. The largest absolute Gasteiger partial charge is 0.469 e. The topological polar surface area (TPSA) is 69.7 Å². The normalized spacial score (nSPS) is 15.4. The highest BCUT2D eigenvalue weighted by molar-refractivity contribution is 14.0. The van der Waals surface area contributed by atoms with Gasteiger partial charge in [-0.2, -0.15) is 0 Å². The molecule has 7 heteroatoms. The Morgan fingerprint density at radius 2 is 2.11 bits per heavy atom. The predicted octanol–water partition coefficient (Wildman–Crippen LogP) is 3.49. The SMILES string of the molecule is CCNC(=NCCc1c[nH]c2cc(C)ccc12)N1CCC(C(=O)OC)CC1.I. The van der Waals surface area contributed by atoms with E-state index >= 15 is 0 Å². The van der Waals surface area contributed by atoms with E-state index < -0.39 is 0 Å². The van der Waals surface area contributed by atoms with Gasteiger partial charge in [0.15, 0.2) is 5.96 Å². The van der Waals surface area contributed by atoms with Gasteiger partial charge in [0.2, 0.25) is 0 Å². The fourth-order valence-electron chi connectivity index (χ4n) is 3.71. The molecular formula is C21H31IN4O2. The van der Waals surface area contributed by atoms with Crippen LogP contribution in [0.25, 0.3) is 10.9 Å². The van der Waals surface area contributed by atoms with Crippen LogP contribution in [0.1, 0.15) is 30.9 Å². The average Bonchev–Trinajstić information content (AvgIpc) is 3.09. The summed E-state index contributed by atoms with van der Waals surface area (Å²) in [5, 5.41) is 4.66. The van der Waals surface area contributed by atoms with Gasteiger partial charge < -0.3 is 19.9 Å². The van der Waals surface area contributed by atoms with Gasteiger partial charge in [-0.25, -0.2) is 0 Å². The summed E-state index contributed by atoms with van der Waals surface area (Å²) in [5.74, 6) is 0.867. The highest BCUT2D eigenvalue weighted by Gasteiger charge is 2.26. The van der Waals surface area contributed by atoms with E-state index in [1.54, 1.807) is 0 Å². The number of nitrogens with zero attached hydrogens (tertiary/aromatic N) is 2. The number of carbonyl (C=O) groups is 1. The summed E-state index contributed by atoms with van der Waals surface area (Å²) < 4.78 is 4.88. The first-order valence-electron chi connectivity index (χ1n) is 9.80. The van der Waals surface area contributed by atoms with Crippen LogP contribution in [-0.2, 0) is 16.0 Å². The van der Waals surface area contributed by atoms with Crippen LogP contribution in [0.2, 0.25) is 0 Å². The minimum Gasteiger partial charge on any atom is -0.469 e. The number of aliphatic imine (C=N–C) groups is 1. The molecule has 1 fully saturated rings. The summed E-state index contributed by atoms with van der Waals surface area (Å²) in [4.78, 5) is 22.1. The number of aryl methyl sites for hydroxylation is 1. The van der Waals surface area contributed by atoms with E-state index in [0.29, 0.717) is 0 Å². The van der Waals surface area contributed by atoms with E-state index in [1.165, 1.54) is 29.1 Å². The van der Waals surface area contributed by atoms with E-state index in [2.05, 4.69) is 53.4 Å². The lowest BCUT2D eigenvalue weighted by atomic mass is 9.97. The van der Waals surface area contributed by atoms with Crippen molar-refractivity contribution in [3.8, 4) is 0 Å². The molecule has 1 aromatic heterocycles. The molecule has 3 rings (SSSR count). The molecule has 6 nitrogen and oxygen atoms in total. The number of benzene rings is 1. The number of carbonyl (C=O) groups excluding carboxylic acids is 1. The van der Waals surface area contributed by atoms with Crippen LogP contribution in [-0.4, -0.2) is 55.1 Å². The zero-order valence-corrected chi connectivity index (χ0v) is 19.3. The van der Waals surface area contributed by atoms with Crippen molar-refractivity contribution in [3.05, 3.63) is 35.5 Å². The third kappa shape index (κ3) is 5.40. The molecule has 2 aromatic rings. The Kier molecular flexibility index (Phi) is 8.59. The third-order valence-corrected chi connectivity index (χ3v) is 5.23. The molecule has 0 spiro atoms. The van der Waals surface area contributed by atoms with E-state index in [1.807, 2.05) is 0 Å². The number of aromatic amines is 1. The number of hydrogen-bond donors (Lipinski definition) is 2. The number of piperidine rings is 1. The minimum atomic E-state index is -0.0915. The van der Waals surface area contributed by atoms with Crippen molar-refractivity contribution >= 4 is 46.8 Å².